The van der Waals surface area contributed by atoms with Crippen LogP contribution in [-0.2, 0) is 6.42 Å². The maximum Gasteiger partial charge on any atom is 0.422 e. The first kappa shape index (κ1) is 14.4. The second kappa shape index (κ2) is 5.56. The molecule has 0 fully saturated rings. The minimum atomic E-state index is -4.36. The zero-order valence-electron chi connectivity index (χ0n) is 11.0. The monoisotopic (exact) mass is 284 g/mol. The molecule has 0 aliphatic carbocycles. The summed E-state index contributed by atoms with van der Waals surface area (Å²) in [6, 6.07) is 6.32. The lowest BCUT2D eigenvalue weighted by molar-refractivity contribution is -0.153. The molecule has 1 aromatic carbocycles. The number of pyridine rings is 1. The third-order valence-corrected chi connectivity index (χ3v) is 2.77. The minimum Gasteiger partial charge on any atom is -0.484 e. The van der Waals surface area contributed by atoms with Gasteiger partial charge in [-0.15, -0.1) is 0 Å². The Kier molecular flexibility index (Phi) is 4.01. The van der Waals surface area contributed by atoms with Crippen molar-refractivity contribution in [1.29, 1.82) is 0 Å². The molecule has 0 atom stereocenters. The quantitative estimate of drug-likeness (QED) is 0.931. The molecule has 0 amide bonds. The average Bonchev–Trinajstić information content (AvgIpc) is 2.36. The summed E-state index contributed by atoms with van der Waals surface area (Å²) in [5, 5.41) is 0.601. The standard InChI is InChI=1S/C14H15F3N2O/c1-2-3-9-6-12(18)11-7-10(4-5-13(11)19-9)20-8-14(15,16)17/h4-7H,2-3,8H2,1H3,(H2,18,19). The summed E-state index contributed by atoms with van der Waals surface area (Å²) in [6.07, 6.45) is -2.60. The van der Waals surface area contributed by atoms with E-state index < -0.39 is 12.8 Å². The van der Waals surface area contributed by atoms with Crippen LogP contribution in [0.4, 0.5) is 18.9 Å². The fourth-order valence-corrected chi connectivity index (χ4v) is 1.93. The van der Waals surface area contributed by atoms with Crippen molar-refractivity contribution in [3.63, 3.8) is 0 Å². The highest BCUT2D eigenvalue weighted by Crippen LogP contribution is 2.27. The fraction of sp³-hybridized carbons (Fsp3) is 0.357. The SMILES string of the molecule is CCCc1cc(N)c2cc(OCC(F)(F)F)ccc2n1. The van der Waals surface area contributed by atoms with Gasteiger partial charge in [0.15, 0.2) is 6.61 Å². The highest BCUT2D eigenvalue weighted by Gasteiger charge is 2.28. The molecular formula is C14H15F3N2O. The van der Waals surface area contributed by atoms with E-state index in [4.69, 9.17) is 10.5 Å². The van der Waals surface area contributed by atoms with Crippen molar-refractivity contribution < 1.29 is 17.9 Å². The van der Waals surface area contributed by atoms with Crippen LogP contribution in [0.25, 0.3) is 10.9 Å². The first-order valence-corrected chi connectivity index (χ1v) is 6.28. The highest BCUT2D eigenvalue weighted by molar-refractivity contribution is 5.91. The maximum absolute atomic E-state index is 12.1. The molecule has 0 saturated heterocycles. The van der Waals surface area contributed by atoms with E-state index in [-0.39, 0.29) is 5.75 Å². The first-order valence-electron chi connectivity index (χ1n) is 6.28. The Morgan fingerprint density at radius 3 is 2.65 bits per heavy atom. The number of hydrogen-bond acceptors (Lipinski definition) is 3. The summed E-state index contributed by atoms with van der Waals surface area (Å²) in [5.41, 5.74) is 7.95. The number of nitrogens with two attached hydrogens (primary N) is 1. The maximum atomic E-state index is 12.1. The van der Waals surface area contributed by atoms with Crippen LogP contribution in [0, 0.1) is 0 Å². The molecule has 2 rings (SSSR count). The van der Waals surface area contributed by atoms with Crippen LogP contribution in [0.15, 0.2) is 24.3 Å². The summed E-state index contributed by atoms with van der Waals surface area (Å²) in [5.74, 6) is 0.131. The molecule has 2 N–H and O–H groups in total. The van der Waals surface area contributed by atoms with E-state index >= 15 is 0 Å². The molecule has 3 nitrogen and oxygen atoms in total. The summed E-state index contributed by atoms with van der Waals surface area (Å²) in [4.78, 5) is 4.42. The van der Waals surface area contributed by atoms with Gasteiger partial charge in [-0.3, -0.25) is 4.98 Å². The smallest absolute Gasteiger partial charge is 0.422 e. The Morgan fingerprint density at radius 2 is 2.00 bits per heavy atom. The van der Waals surface area contributed by atoms with Gasteiger partial charge >= 0.3 is 6.18 Å². The number of rotatable bonds is 4. The number of ether oxygens (including phenoxy) is 1. The van der Waals surface area contributed by atoms with E-state index in [2.05, 4.69) is 4.98 Å². The molecule has 6 heteroatoms. The van der Waals surface area contributed by atoms with Gasteiger partial charge in [-0.25, -0.2) is 0 Å². The summed E-state index contributed by atoms with van der Waals surface area (Å²) in [7, 11) is 0. The largest absolute Gasteiger partial charge is 0.484 e. The number of benzene rings is 1. The number of alkyl halides is 3. The van der Waals surface area contributed by atoms with Crippen LogP contribution >= 0.6 is 0 Å². The Labute approximate surface area is 114 Å². The van der Waals surface area contributed by atoms with E-state index in [0.717, 1.165) is 18.5 Å². The van der Waals surface area contributed by atoms with E-state index in [9.17, 15) is 13.2 Å². The molecular weight excluding hydrogens is 269 g/mol. The second-order valence-corrected chi connectivity index (χ2v) is 4.54. The molecule has 0 bridgehead atoms. The lowest BCUT2D eigenvalue weighted by Gasteiger charge is -2.11. The third-order valence-electron chi connectivity index (χ3n) is 2.77. The van der Waals surface area contributed by atoms with Crippen LogP contribution in [-0.4, -0.2) is 17.8 Å². The molecule has 0 aliphatic heterocycles. The van der Waals surface area contributed by atoms with Crippen LogP contribution in [0.3, 0.4) is 0 Å². The second-order valence-electron chi connectivity index (χ2n) is 4.54. The van der Waals surface area contributed by atoms with Crippen LogP contribution in [0.5, 0.6) is 5.75 Å². The van der Waals surface area contributed by atoms with Crippen LogP contribution in [0.2, 0.25) is 0 Å². The number of aromatic nitrogens is 1. The average molecular weight is 284 g/mol. The van der Waals surface area contributed by atoms with Crippen molar-refractivity contribution in [3.8, 4) is 5.75 Å². The summed E-state index contributed by atoms with van der Waals surface area (Å²) < 4.78 is 41.0. The number of nitrogens with zero attached hydrogens (tertiary/aromatic N) is 1. The fourth-order valence-electron chi connectivity index (χ4n) is 1.93. The molecule has 0 aliphatic rings. The van der Waals surface area contributed by atoms with Crippen molar-refractivity contribution in [2.24, 2.45) is 0 Å². The molecule has 0 saturated carbocycles. The van der Waals surface area contributed by atoms with Crippen molar-refractivity contribution in [3.05, 3.63) is 30.0 Å². The molecule has 0 unspecified atom stereocenters. The zero-order valence-corrected chi connectivity index (χ0v) is 11.0. The molecule has 108 valence electrons. The van der Waals surface area contributed by atoms with Gasteiger partial charge in [0, 0.05) is 16.8 Å². The number of hydrogen-bond donors (Lipinski definition) is 1. The van der Waals surface area contributed by atoms with Crippen molar-refractivity contribution in [2.45, 2.75) is 25.9 Å². The zero-order chi connectivity index (χ0) is 14.8. The van der Waals surface area contributed by atoms with Gasteiger partial charge in [-0.05, 0) is 30.7 Å². The van der Waals surface area contributed by atoms with E-state index in [1.165, 1.54) is 12.1 Å². The lowest BCUT2D eigenvalue weighted by Crippen LogP contribution is -2.19. The number of anilines is 1. The first-order chi connectivity index (χ1) is 9.39. The normalized spacial score (nSPS) is 11.8. The number of halogens is 3. The predicted octanol–water partition coefficient (Wildman–Crippen LogP) is 3.71. The van der Waals surface area contributed by atoms with Gasteiger partial charge in [0.1, 0.15) is 5.75 Å². The van der Waals surface area contributed by atoms with Gasteiger partial charge in [0.05, 0.1) is 5.52 Å². The van der Waals surface area contributed by atoms with E-state index in [1.54, 1.807) is 12.1 Å². The Morgan fingerprint density at radius 1 is 1.25 bits per heavy atom. The molecule has 0 radical (unpaired) electrons. The molecule has 0 spiro atoms. The Hall–Kier alpha value is -1.98. The topological polar surface area (TPSA) is 48.1 Å². The van der Waals surface area contributed by atoms with Gasteiger partial charge in [-0.1, -0.05) is 13.3 Å². The molecule has 1 aromatic heterocycles. The molecule has 1 heterocycles. The van der Waals surface area contributed by atoms with Crippen molar-refractivity contribution in [2.75, 3.05) is 12.3 Å². The number of fused-ring (bicyclic) bond motifs is 1. The van der Waals surface area contributed by atoms with Crippen molar-refractivity contribution >= 4 is 16.6 Å². The Balaban J connectivity index is 2.30. The van der Waals surface area contributed by atoms with Gasteiger partial charge in [0.25, 0.3) is 0 Å². The van der Waals surface area contributed by atoms with Crippen LogP contribution < -0.4 is 10.5 Å². The Bertz CT molecular complexity index is 611. The van der Waals surface area contributed by atoms with Crippen molar-refractivity contribution in [1.82, 2.24) is 4.98 Å². The molecule has 2 aromatic rings. The lowest BCUT2D eigenvalue weighted by atomic mass is 10.1. The van der Waals surface area contributed by atoms with E-state index in [0.29, 0.717) is 16.6 Å². The van der Waals surface area contributed by atoms with Gasteiger partial charge < -0.3 is 10.5 Å². The summed E-state index contributed by atoms with van der Waals surface area (Å²) in [6.45, 7) is 0.718. The number of nitrogen functional groups attached to an aromatic ring is 1. The molecule has 20 heavy (non-hydrogen) atoms. The van der Waals surface area contributed by atoms with Crippen LogP contribution in [0.1, 0.15) is 19.0 Å². The number of aryl methyl sites for hydroxylation is 1. The van der Waals surface area contributed by atoms with Gasteiger partial charge in [-0.2, -0.15) is 13.2 Å². The summed E-state index contributed by atoms with van der Waals surface area (Å²) >= 11 is 0. The third kappa shape index (κ3) is 3.53. The predicted molar refractivity (Wildman–Crippen MR) is 71.7 cm³/mol. The minimum absolute atomic E-state index is 0.131. The highest BCUT2D eigenvalue weighted by atomic mass is 19.4. The van der Waals surface area contributed by atoms with E-state index in [1.807, 2.05) is 6.92 Å². The van der Waals surface area contributed by atoms with Gasteiger partial charge in [0.2, 0.25) is 0 Å².